The Morgan fingerprint density at radius 2 is 1.86 bits per heavy atom. The SMILES string of the molecule is CCc1ccc(N2C[C@H](c3nc4ccccc4n3C[C@@H](O)COc3cc(C)ccc3C)CC2=O)cc1. The van der Waals surface area contributed by atoms with Crippen LogP contribution in [-0.4, -0.2) is 39.8 Å². The predicted octanol–water partition coefficient (Wildman–Crippen LogP) is 5.18. The predicted molar refractivity (Wildman–Crippen MR) is 143 cm³/mol. The molecule has 0 bridgehead atoms. The summed E-state index contributed by atoms with van der Waals surface area (Å²) < 4.78 is 8.03. The number of hydrogen-bond donors (Lipinski definition) is 1. The molecule has 186 valence electrons. The lowest BCUT2D eigenvalue weighted by atomic mass is 10.1. The molecule has 1 aliphatic rings. The minimum absolute atomic E-state index is 0.0529. The van der Waals surface area contributed by atoms with Crippen LogP contribution in [0.4, 0.5) is 5.69 Å². The third-order valence-corrected chi connectivity index (χ3v) is 7.00. The molecule has 36 heavy (non-hydrogen) atoms. The number of nitrogens with zero attached hydrogens (tertiary/aromatic N) is 3. The molecular weight excluding hydrogens is 450 g/mol. The van der Waals surface area contributed by atoms with Crippen LogP contribution in [0, 0.1) is 13.8 Å². The van der Waals surface area contributed by atoms with Gasteiger partial charge in [-0.3, -0.25) is 4.79 Å². The first-order valence-electron chi connectivity index (χ1n) is 12.7. The highest BCUT2D eigenvalue weighted by Crippen LogP contribution is 2.33. The van der Waals surface area contributed by atoms with Gasteiger partial charge in [-0.2, -0.15) is 0 Å². The van der Waals surface area contributed by atoms with Gasteiger partial charge in [0, 0.05) is 24.6 Å². The number of aryl methyl sites for hydroxylation is 3. The third kappa shape index (κ3) is 4.86. The summed E-state index contributed by atoms with van der Waals surface area (Å²) in [4.78, 5) is 19.8. The van der Waals surface area contributed by atoms with E-state index in [1.807, 2.05) is 73.3 Å². The molecule has 2 heterocycles. The number of carbonyl (C=O) groups excluding carboxylic acids is 1. The Labute approximate surface area is 212 Å². The first kappa shape index (κ1) is 24.1. The van der Waals surface area contributed by atoms with Crippen molar-refractivity contribution in [2.24, 2.45) is 0 Å². The maximum Gasteiger partial charge on any atom is 0.227 e. The summed E-state index contributed by atoms with van der Waals surface area (Å²) in [5, 5.41) is 10.9. The second-order valence-electron chi connectivity index (χ2n) is 9.73. The normalized spacial score (nSPS) is 16.6. The summed E-state index contributed by atoms with van der Waals surface area (Å²) in [5.41, 5.74) is 6.15. The molecule has 1 amide bonds. The molecular formula is C30H33N3O3. The van der Waals surface area contributed by atoms with Gasteiger partial charge >= 0.3 is 0 Å². The van der Waals surface area contributed by atoms with Crippen LogP contribution >= 0.6 is 0 Å². The van der Waals surface area contributed by atoms with Crippen molar-refractivity contribution < 1.29 is 14.6 Å². The van der Waals surface area contributed by atoms with Crippen LogP contribution < -0.4 is 9.64 Å². The summed E-state index contributed by atoms with van der Waals surface area (Å²) in [6.07, 6.45) is 0.640. The number of aromatic nitrogens is 2. The van der Waals surface area contributed by atoms with Crippen molar-refractivity contribution in [3.8, 4) is 5.75 Å². The number of carbonyl (C=O) groups is 1. The molecule has 1 fully saturated rings. The van der Waals surface area contributed by atoms with Crippen molar-refractivity contribution in [2.75, 3.05) is 18.1 Å². The lowest BCUT2D eigenvalue weighted by Crippen LogP contribution is -2.26. The minimum atomic E-state index is -0.726. The van der Waals surface area contributed by atoms with Gasteiger partial charge in [-0.05, 0) is 67.3 Å². The summed E-state index contributed by atoms with van der Waals surface area (Å²) in [6.45, 7) is 7.24. The zero-order chi connectivity index (χ0) is 25.2. The number of hydrogen-bond acceptors (Lipinski definition) is 4. The average molecular weight is 484 g/mol. The number of anilines is 1. The molecule has 0 saturated carbocycles. The van der Waals surface area contributed by atoms with Crippen LogP contribution in [-0.2, 0) is 17.8 Å². The second kappa shape index (κ2) is 10.2. The highest BCUT2D eigenvalue weighted by molar-refractivity contribution is 5.96. The van der Waals surface area contributed by atoms with Crippen molar-refractivity contribution in [3.63, 3.8) is 0 Å². The van der Waals surface area contributed by atoms with E-state index in [9.17, 15) is 9.90 Å². The van der Waals surface area contributed by atoms with E-state index in [-0.39, 0.29) is 18.4 Å². The van der Waals surface area contributed by atoms with E-state index in [1.165, 1.54) is 5.56 Å². The fourth-order valence-electron chi connectivity index (χ4n) is 4.95. The molecule has 2 atom stereocenters. The Balaban J connectivity index is 1.37. The first-order valence-corrected chi connectivity index (χ1v) is 12.7. The summed E-state index contributed by atoms with van der Waals surface area (Å²) in [6, 6.07) is 22.2. The summed E-state index contributed by atoms with van der Waals surface area (Å²) in [5.74, 6) is 1.67. The maximum absolute atomic E-state index is 13.0. The van der Waals surface area contributed by atoms with Crippen LogP contribution in [0.15, 0.2) is 66.7 Å². The molecule has 0 radical (unpaired) electrons. The molecule has 1 aliphatic heterocycles. The van der Waals surface area contributed by atoms with Gasteiger partial charge in [0.2, 0.25) is 5.91 Å². The van der Waals surface area contributed by atoms with E-state index in [1.54, 1.807) is 0 Å². The van der Waals surface area contributed by atoms with Gasteiger partial charge in [0.25, 0.3) is 0 Å². The van der Waals surface area contributed by atoms with Crippen molar-refractivity contribution in [3.05, 3.63) is 89.2 Å². The highest BCUT2D eigenvalue weighted by Gasteiger charge is 2.35. The van der Waals surface area contributed by atoms with Crippen molar-refractivity contribution in [2.45, 2.75) is 52.2 Å². The van der Waals surface area contributed by atoms with Gasteiger partial charge in [-0.25, -0.2) is 4.98 Å². The molecule has 3 aromatic carbocycles. The average Bonchev–Trinajstić information content (AvgIpc) is 3.45. The first-order chi connectivity index (χ1) is 17.4. The number of amides is 1. The van der Waals surface area contributed by atoms with Crippen LogP contribution in [0.3, 0.4) is 0 Å². The molecule has 0 spiro atoms. The lowest BCUT2D eigenvalue weighted by Gasteiger charge is -2.19. The number of ether oxygens (including phenoxy) is 1. The fraction of sp³-hybridized carbons (Fsp3) is 0.333. The number of fused-ring (bicyclic) bond motifs is 1. The Morgan fingerprint density at radius 3 is 2.64 bits per heavy atom. The summed E-state index contributed by atoms with van der Waals surface area (Å²) in [7, 11) is 0. The van der Waals surface area contributed by atoms with Crippen molar-refractivity contribution in [1.29, 1.82) is 0 Å². The van der Waals surface area contributed by atoms with Gasteiger partial charge < -0.3 is 19.3 Å². The third-order valence-electron chi connectivity index (χ3n) is 7.00. The standard InChI is InChI=1S/C30H33N3O3/c1-4-22-11-13-24(14-12-22)32-17-23(16-29(32)35)30-31-26-7-5-6-8-27(26)33(30)18-25(34)19-36-28-15-20(2)9-10-21(28)3/h5-15,23,25,34H,4,16-19H2,1-3H3/t23-,25-/m1/s1. The molecule has 1 N–H and O–H groups in total. The minimum Gasteiger partial charge on any atom is -0.491 e. The Morgan fingerprint density at radius 1 is 1.08 bits per heavy atom. The number of para-hydroxylation sites is 2. The Bertz CT molecular complexity index is 1380. The van der Waals surface area contributed by atoms with E-state index in [0.29, 0.717) is 19.5 Å². The van der Waals surface area contributed by atoms with E-state index >= 15 is 0 Å². The van der Waals surface area contributed by atoms with Crippen molar-refractivity contribution in [1.82, 2.24) is 9.55 Å². The smallest absolute Gasteiger partial charge is 0.227 e. The molecule has 5 rings (SSSR count). The molecule has 1 aromatic heterocycles. The zero-order valence-corrected chi connectivity index (χ0v) is 21.1. The maximum atomic E-state index is 13.0. The summed E-state index contributed by atoms with van der Waals surface area (Å²) >= 11 is 0. The highest BCUT2D eigenvalue weighted by atomic mass is 16.5. The number of benzene rings is 3. The quantitative estimate of drug-likeness (QED) is 0.375. The van der Waals surface area contributed by atoms with Crippen LogP contribution in [0.2, 0.25) is 0 Å². The second-order valence-corrected chi connectivity index (χ2v) is 9.73. The number of aliphatic hydroxyl groups excluding tert-OH is 1. The molecule has 6 nitrogen and oxygen atoms in total. The lowest BCUT2D eigenvalue weighted by molar-refractivity contribution is -0.117. The molecule has 4 aromatic rings. The Kier molecular flexibility index (Phi) is 6.79. The van der Waals surface area contributed by atoms with Gasteiger partial charge in [0.05, 0.1) is 17.6 Å². The Hall–Kier alpha value is -3.64. The van der Waals surface area contributed by atoms with E-state index in [0.717, 1.165) is 45.8 Å². The molecule has 0 unspecified atom stereocenters. The van der Waals surface area contributed by atoms with Crippen LogP contribution in [0.1, 0.15) is 41.8 Å². The van der Waals surface area contributed by atoms with Gasteiger partial charge in [0.15, 0.2) is 0 Å². The number of imidazole rings is 1. The van der Waals surface area contributed by atoms with Crippen LogP contribution in [0.25, 0.3) is 11.0 Å². The van der Waals surface area contributed by atoms with Gasteiger partial charge in [-0.15, -0.1) is 0 Å². The van der Waals surface area contributed by atoms with Gasteiger partial charge in [-0.1, -0.05) is 43.3 Å². The van der Waals surface area contributed by atoms with Crippen LogP contribution in [0.5, 0.6) is 5.75 Å². The van der Waals surface area contributed by atoms with E-state index < -0.39 is 6.10 Å². The topological polar surface area (TPSA) is 67.6 Å². The molecule has 1 saturated heterocycles. The molecule has 6 heteroatoms. The van der Waals surface area contributed by atoms with Gasteiger partial charge in [0.1, 0.15) is 24.3 Å². The van der Waals surface area contributed by atoms with E-state index in [2.05, 4.69) is 23.6 Å². The number of aliphatic hydroxyl groups is 1. The monoisotopic (exact) mass is 483 g/mol. The van der Waals surface area contributed by atoms with E-state index in [4.69, 9.17) is 9.72 Å². The number of rotatable bonds is 8. The van der Waals surface area contributed by atoms with Crippen molar-refractivity contribution >= 4 is 22.6 Å². The molecule has 0 aliphatic carbocycles. The largest absolute Gasteiger partial charge is 0.491 e. The zero-order valence-electron chi connectivity index (χ0n) is 21.1. The fourth-order valence-corrected chi connectivity index (χ4v) is 4.95.